The van der Waals surface area contributed by atoms with Crippen LogP contribution in [0.1, 0.15) is 31.7 Å². The maximum absolute atomic E-state index is 12.1. The molecular weight excluding hydrogens is 283 g/mol. The van der Waals surface area contributed by atoms with E-state index >= 15 is 0 Å². The second-order valence-corrected chi connectivity index (χ2v) is 5.09. The van der Waals surface area contributed by atoms with E-state index in [0.29, 0.717) is 6.42 Å². The minimum atomic E-state index is -4.28. The summed E-state index contributed by atoms with van der Waals surface area (Å²) >= 11 is 0. The van der Waals surface area contributed by atoms with Gasteiger partial charge in [0.15, 0.2) is 0 Å². The normalized spacial score (nSPS) is 13.6. The molecule has 0 amide bonds. The summed E-state index contributed by atoms with van der Waals surface area (Å²) in [7, 11) is 1.85. The van der Waals surface area contributed by atoms with E-state index in [4.69, 9.17) is 4.74 Å². The van der Waals surface area contributed by atoms with E-state index in [2.05, 4.69) is 10.4 Å². The van der Waals surface area contributed by atoms with E-state index in [9.17, 15) is 13.2 Å². The zero-order chi connectivity index (χ0) is 15.9. The molecule has 0 aliphatic carbocycles. The van der Waals surface area contributed by atoms with E-state index < -0.39 is 12.8 Å². The Balaban J connectivity index is 2.57. The lowest BCUT2D eigenvalue weighted by molar-refractivity contribution is -0.175. The molecule has 0 radical (unpaired) electrons. The van der Waals surface area contributed by atoms with Crippen LogP contribution in [0, 0.1) is 0 Å². The zero-order valence-corrected chi connectivity index (χ0v) is 12.8. The molecule has 4 nitrogen and oxygen atoms in total. The Morgan fingerprint density at radius 1 is 1.38 bits per heavy atom. The van der Waals surface area contributed by atoms with Crippen LogP contribution in [0.15, 0.2) is 6.07 Å². The van der Waals surface area contributed by atoms with Crippen molar-refractivity contribution < 1.29 is 17.9 Å². The fraction of sp³-hybridized carbons (Fsp3) is 0.786. The van der Waals surface area contributed by atoms with Gasteiger partial charge in [-0.15, -0.1) is 0 Å². The second-order valence-electron chi connectivity index (χ2n) is 5.09. The molecule has 0 aromatic carbocycles. The molecule has 1 N–H and O–H groups in total. The topological polar surface area (TPSA) is 39.1 Å². The summed E-state index contributed by atoms with van der Waals surface area (Å²) in [4.78, 5) is 0. The van der Waals surface area contributed by atoms with E-state index in [-0.39, 0.29) is 12.6 Å². The van der Waals surface area contributed by atoms with E-state index in [0.717, 1.165) is 30.8 Å². The van der Waals surface area contributed by atoms with Gasteiger partial charge >= 0.3 is 6.18 Å². The fourth-order valence-corrected chi connectivity index (χ4v) is 2.04. The Kier molecular flexibility index (Phi) is 7.17. The van der Waals surface area contributed by atoms with Crippen molar-refractivity contribution in [3.63, 3.8) is 0 Å². The van der Waals surface area contributed by atoms with Gasteiger partial charge in [-0.05, 0) is 25.5 Å². The zero-order valence-electron chi connectivity index (χ0n) is 12.8. The lowest BCUT2D eigenvalue weighted by atomic mass is 10.1. The third-order valence-electron chi connectivity index (χ3n) is 3.11. The van der Waals surface area contributed by atoms with E-state index in [1.807, 2.05) is 27.0 Å². The molecule has 0 saturated heterocycles. The number of halogens is 3. The van der Waals surface area contributed by atoms with Crippen LogP contribution in [0.25, 0.3) is 0 Å². The number of aromatic nitrogens is 2. The molecule has 0 spiro atoms. The van der Waals surface area contributed by atoms with Gasteiger partial charge in [-0.25, -0.2) is 0 Å². The minimum absolute atomic E-state index is 0.0339. The van der Waals surface area contributed by atoms with Crippen LogP contribution >= 0.6 is 0 Å². The Hall–Kier alpha value is -1.08. The maximum Gasteiger partial charge on any atom is 0.411 e. The van der Waals surface area contributed by atoms with Crippen molar-refractivity contribution in [2.24, 2.45) is 7.05 Å². The van der Waals surface area contributed by atoms with Crippen molar-refractivity contribution in [2.75, 3.05) is 19.8 Å². The minimum Gasteiger partial charge on any atom is -0.370 e. The molecule has 1 aromatic heterocycles. The number of rotatable bonds is 9. The van der Waals surface area contributed by atoms with Crippen molar-refractivity contribution in [1.29, 1.82) is 0 Å². The number of alkyl halides is 3. The van der Waals surface area contributed by atoms with Crippen molar-refractivity contribution >= 4 is 0 Å². The Bertz CT molecular complexity index is 418. The molecule has 122 valence electrons. The van der Waals surface area contributed by atoms with Gasteiger partial charge in [0.2, 0.25) is 0 Å². The van der Waals surface area contributed by atoms with Gasteiger partial charge in [-0.3, -0.25) is 4.68 Å². The number of hydrogen-bond acceptors (Lipinski definition) is 3. The molecule has 0 aliphatic heterocycles. The first-order chi connectivity index (χ1) is 9.85. The van der Waals surface area contributed by atoms with Crippen LogP contribution in [0.5, 0.6) is 0 Å². The molecule has 1 rings (SSSR count). The average Bonchev–Trinajstić information content (AvgIpc) is 2.75. The summed E-state index contributed by atoms with van der Waals surface area (Å²) in [5.74, 6) is 0. The molecule has 1 atom stereocenters. The lowest BCUT2D eigenvalue weighted by Crippen LogP contribution is -2.37. The number of ether oxygens (including phenoxy) is 1. The van der Waals surface area contributed by atoms with Gasteiger partial charge in [-0.2, -0.15) is 18.3 Å². The van der Waals surface area contributed by atoms with Crippen molar-refractivity contribution in [3.05, 3.63) is 17.5 Å². The molecule has 1 heterocycles. The highest BCUT2D eigenvalue weighted by Crippen LogP contribution is 2.15. The third kappa shape index (κ3) is 6.95. The SMILES string of the molecule is CCCNC(COCC(F)(F)F)Cc1cc(CC)nn1C. The number of nitrogens with one attached hydrogen (secondary N) is 1. The number of nitrogens with zero attached hydrogens (tertiary/aromatic N) is 2. The van der Waals surface area contributed by atoms with Crippen molar-refractivity contribution in [3.8, 4) is 0 Å². The molecule has 1 unspecified atom stereocenters. The molecule has 0 saturated carbocycles. The van der Waals surface area contributed by atoms with Crippen molar-refractivity contribution in [2.45, 2.75) is 45.3 Å². The molecular formula is C14H24F3N3O. The monoisotopic (exact) mass is 307 g/mol. The van der Waals surface area contributed by atoms with Gasteiger partial charge < -0.3 is 10.1 Å². The molecule has 0 bridgehead atoms. The van der Waals surface area contributed by atoms with Crippen LogP contribution < -0.4 is 5.32 Å². The summed E-state index contributed by atoms with van der Waals surface area (Å²) in [5, 5.41) is 7.58. The van der Waals surface area contributed by atoms with Gasteiger partial charge in [0, 0.05) is 25.2 Å². The van der Waals surface area contributed by atoms with Crippen LogP contribution in [-0.4, -0.2) is 41.8 Å². The first-order valence-corrected chi connectivity index (χ1v) is 7.25. The van der Waals surface area contributed by atoms with Gasteiger partial charge in [-0.1, -0.05) is 13.8 Å². The molecule has 0 fully saturated rings. The highest BCUT2D eigenvalue weighted by molar-refractivity contribution is 5.11. The predicted octanol–water partition coefficient (Wildman–Crippen LogP) is 2.47. The Morgan fingerprint density at radius 2 is 2.10 bits per heavy atom. The van der Waals surface area contributed by atoms with E-state index in [1.54, 1.807) is 4.68 Å². The molecule has 7 heteroatoms. The van der Waals surface area contributed by atoms with Gasteiger partial charge in [0.1, 0.15) is 6.61 Å². The molecule has 1 aromatic rings. The van der Waals surface area contributed by atoms with Gasteiger partial charge in [0.25, 0.3) is 0 Å². The molecule has 21 heavy (non-hydrogen) atoms. The summed E-state index contributed by atoms with van der Waals surface area (Å²) in [6.07, 6.45) is -1.93. The Morgan fingerprint density at radius 3 is 2.62 bits per heavy atom. The third-order valence-corrected chi connectivity index (χ3v) is 3.11. The summed E-state index contributed by atoms with van der Waals surface area (Å²) in [6, 6.07) is 1.84. The summed E-state index contributed by atoms with van der Waals surface area (Å²) < 4.78 is 43.0. The smallest absolute Gasteiger partial charge is 0.370 e. The van der Waals surface area contributed by atoms with Crippen LogP contribution in [0.4, 0.5) is 13.2 Å². The maximum atomic E-state index is 12.1. The standard InChI is InChI=1S/C14H24F3N3O/c1-4-6-18-12(9-21-10-14(15,16)17)8-13-7-11(5-2)19-20(13)3/h7,12,18H,4-6,8-10H2,1-3H3. The van der Waals surface area contributed by atoms with Crippen LogP contribution in [0.2, 0.25) is 0 Å². The summed E-state index contributed by atoms with van der Waals surface area (Å²) in [5.41, 5.74) is 1.98. The van der Waals surface area contributed by atoms with Gasteiger partial charge in [0.05, 0.1) is 12.3 Å². The predicted molar refractivity (Wildman–Crippen MR) is 75.2 cm³/mol. The van der Waals surface area contributed by atoms with Crippen LogP contribution in [-0.2, 0) is 24.6 Å². The first-order valence-electron chi connectivity index (χ1n) is 7.25. The quantitative estimate of drug-likeness (QED) is 0.762. The number of aryl methyl sites for hydroxylation is 2. The lowest BCUT2D eigenvalue weighted by Gasteiger charge is -2.19. The number of hydrogen-bond donors (Lipinski definition) is 1. The van der Waals surface area contributed by atoms with E-state index in [1.165, 1.54) is 0 Å². The highest BCUT2D eigenvalue weighted by atomic mass is 19.4. The first kappa shape index (κ1) is 18.0. The van der Waals surface area contributed by atoms with Crippen molar-refractivity contribution in [1.82, 2.24) is 15.1 Å². The summed E-state index contributed by atoms with van der Waals surface area (Å²) in [6.45, 7) is 3.61. The fourth-order valence-electron chi connectivity index (χ4n) is 2.04. The molecule has 0 aliphatic rings. The average molecular weight is 307 g/mol. The largest absolute Gasteiger partial charge is 0.411 e. The Labute approximate surface area is 123 Å². The highest BCUT2D eigenvalue weighted by Gasteiger charge is 2.28. The van der Waals surface area contributed by atoms with Crippen LogP contribution in [0.3, 0.4) is 0 Å². The second kappa shape index (κ2) is 8.38.